The van der Waals surface area contributed by atoms with E-state index in [1.807, 2.05) is 30.3 Å². The summed E-state index contributed by atoms with van der Waals surface area (Å²) in [5.41, 5.74) is 1.43. The van der Waals surface area contributed by atoms with Gasteiger partial charge in [0.1, 0.15) is 5.75 Å². The number of rotatable bonds is 10. The van der Waals surface area contributed by atoms with Gasteiger partial charge in [0.15, 0.2) is 0 Å². The van der Waals surface area contributed by atoms with Crippen molar-refractivity contribution in [3.8, 4) is 5.75 Å². The van der Waals surface area contributed by atoms with Gasteiger partial charge in [-0.25, -0.2) is 4.57 Å². The Morgan fingerprint density at radius 1 is 0.960 bits per heavy atom. The second-order valence-corrected chi connectivity index (χ2v) is 8.78. The highest BCUT2D eigenvalue weighted by Gasteiger charge is 2.26. The molecular formula is C18H19N2O3PS. The maximum atomic E-state index is 12.7. The van der Waals surface area contributed by atoms with Crippen LogP contribution >= 0.6 is 18.2 Å². The molecule has 0 radical (unpaired) electrons. The van der Waals surface area contributed by atoms with Crippen molar-refractivity contribution < 1.29 is 13.6 Å². The van der Waals surface area contributed by atoms with Crippen LogP contribution in [0.1, 0.15) is 0 Å². The van der Waals surface area contributed by atoms with Gasteiger partial charge in [-0.2, -0.15) is 10.2 Å². The van der Waals surface area contributed by atoms with Crippen molar-refractivity contribution in [1.29, 1.82) is 0 Å². The van der Waals surface area contributed by atoms with E-state index in [-0.39, 0.29) is 6.61 Å². The van der Waals surface area contributed by atoms with Crippen molar-refractivity contribution in [2.45, 2.75) is 0 Å². The molecule has 0 spiro atoms. The molecule has 0 fully saturated rings. The lowest BCUT2D eigenvalue weighted by molar-refractivity contribution is 0.311. The summed E-state index contributed by atoms with van der Waals surface area (Å²) in [5.74, 6) is 0.889. The minimum absolute atomic E-state index is 0.144. The molecule has 0 aliphatic carbocycles. The van der Waals surface area contributed by atoms with Crippen LogP contribution in [0.5, 0.6) is 5.75 Å². The van der Waals surface area contributed by atoms with Crippen molar-refractivity contribution in [3.05, 3.63) is 79.9 Å². The van der Waals surface area contributed by atoms with Crippen LogP contribution in [0.15, 0.2) is 90.1 Å². The van der Waals surface area contributed by atoms with Gasteiger partial charge in [-0.3, -0.25) is 4.52 Å². The largest absolute Gasteiger partial charge is 0.440 e. The number of azo groups is 1. The molecule has 0 saturated carbocycles. The first-order valence-electron chi connectivity index (χ1n) is 7.52. The monoisotopic (exact) mass is 374 g/mol. The molecule has 2 aromatic rings. The molecule has 0 aromatic heterocycles. The number of hydrogen-bond acceptors (Lipinski definition) is 6. The lowest BCUT2D eigenvalue weighted by Crippen LogP contribution is -1.96. The Hall–Kier alpha value is -2.14. The van der Waals surface area contributed by atoms with Crippen LogP contribution in [-0.2, 0) is 9.09 Å². The molecule has 1 atom stereocenters. The van der Waals surface area contributed by atoms with Gasteiger partial charge in [-0.15, -0.1) is 13.2 Å². The second-order valence-electron chi connectivity index (χ2n) is 4.74. The third kappa shape index (κ3) is 6.70. The number of benzene rings is 2. The van der Waals surface area contributed by atoms with Crippen molar-refractivity contribution in [3.63, 3.8) is 0 Å². The molecule has 0 heterocycles. The van der Waals surface area contributed by atoms with Gasteiger partial charge in [0.2, 0.25) is 0 Å². The fourth-order valence-corrected chi connectivity index (χ4v) is 4.51. The molecule has 7 heteroatoms. The molecular weight excluding hydrogens is 355 g/mol. The van der Waals surface area contributed by atoms with Gasteiger partial charge in [0.25, 0.3) is 0 Å². The maximum Gasteiger partial charge on any atom is 0.440 e. The van der Waals surface area contributed by atoms with Crippen LogP contribution in [0, 0.1) is 0 Å². The molecule has 25 heavy (non-hydrogen) atoms. The molecule has 0 N–H and O–H groups in total. The zero-order valence-corrected chi connectivity index (χ0v) is 15.4. The van der Waals surface area contributed by atoms with Crippen LogP contribution in [0.4, 0.5) is 11.4 Å². The first-order chi connectivity index (χ1) is 12.1. The molecule has 0 saturated heterocycles. The Bertz CT molecular complexity index is 748. The van der Waals surface area contributed by atoms with Gasteiger partial charge in [0, 0.05) is 5.75 Å². The molecule has 0 aliphatic heterocycles. The van der Waals surface area contributed by atoms with E-state index in [2.05, 4.69) is 23.4 Å². The molecule has 1 unspecified atom stereocenters. The average molecular weight is 374 g/mol. The molecule has 130 valence electrons. The van der Waals surface area contributed by atoms with Gasteiger partial charge in [-0.1, -0.05) is 30.4 Å². The van der Waals surface area contributed by atoms with Crippen LogP contribution < -0.4 is 4.52 Å². The Balaban J connectivity index is 2.04. The topological polar surface area (TPSA) is 60.2 Å². The van der Waals surface area contributed by atoms with E-state index in [0.29, 0.717) is 17.2 Å². The fraction of sp³-hybridized carbons (Fsp3) is 0.111. The Labute approximate surface area is 151 Å². The standard InChI is InChI=1S/C18H19N2O3PS/c1-3-14-22-24(21,25-15-4-2)23-18-12-10-17(11-13-18)20-19-16-8-6-5-7-9-16/h3-13H,1-2,14-15H2/b20-19+. The Morgan fingerprint density at radius 2 is 1.60 bits per heavy atom. The van der Waals surface area contributed by atoms with Crippen molar-refractivity contribution in [2.24, 2.45) is 10.2 Å². The summed E-state index contributed by atoms with van der Waals surface area (Å²) in [5, 5.41) is 8.29. The van der Waals surface area contributed by atoms with E-state index in [9.17, 15) is 4.57 Å². The molecule has 0 amide bonds. The van der Waals surface area contributed by atoms with E-state index in [1.54, 1.807) is 30.3 Å². The SMILES string of the molecule is C=CCOP(=O)(Oc1ccc(/N=N/c2ccccc2)cc1)SCC=C. The predicted molar refractivity (Wildman–Crippen MR) is 104 cm³/mol. The van der Waals surface area contributed by atoms with Crippen LogP contribution in [-0.4, -0.2) is 12.4 Å². The van der Waals surface area contributed by atoms with Crippen molar-refractivity contribution in [1.82, 2.24) is 0 Å². The van der Waals surface area contributed by atoms with Crippen LogP contribution in [0.2, 0.25) is 0 Å². The molecule has 2 rings (SSSR count). The highest BCUT2D eigenvalue weighted by Crippen LogP contribution is 2.60. The smallest absolute Gasteiger partial charge is 0.417 e. The van der Waals surface area contributed by atoms with E-state index in [4.69, 9.17) is 9.05 Å². The van der Waals surface area contributed by atoms with Gasteiger partial charge in [-0.05, 0) is 47.8 Å². The average Bonchev–Trinajstić information content (AvgIpc) is 2.65. The summed E-state index contributed by atoms with van der Waals surface area (Å²) in [6.45, 7) is 3.98. The number of nitrogens with zero attached hydrogens (tertiary/aromatic N) is 2. The summed E-state index contributed by atoms with van der Waals surface area (Å²) in [6, 6.07) is 16.3. The maximum absolute atomic E-state index is 12.7. The van der Waals surface area contributed by atoms with Crippen molar-refractivity contribution >= 4 is 29.6 Å². The van der Waals surface area contributed by atoms with Gasteiger partial charge < -0.3 is 4.52 Å². The minimum atomic E-state index is -3.33. The summed E-state index contributed by atoms with van der Waals surface area (Å²) in [6.07, 6.45) is 3.17. The molecule has 0 aliphatic rings. The van der Waals surface area contributed by atoms with E-state index >= 15 is 0 Å². The van der Waals surface area contributed by atoms with Gasteiger partial charge in [0.05, 0.1) is 18.0 Å². The minimum Gasteiger partial charge on any atom is -0.417 e. The third-order valence-corrected chi connectivity index (χ3v) is 6.33. The molecule has 0 bridgehead atoms. The van der Waals surface area contributed by atoms with Crippen molar-refractivity contribution in [2.75, 3.05) is 12.4 Å². The first-order valence-corrected chi connectivity index (χ1v) is 10.7. The predicted octanol–water partition coefficient (Wildman–Crippen LogP) is 6.71. The fourth-order valence-electron chi connectivity index (χ4n) is 1.69. The number of hydrogen-bond donors (Lipinski definition) is 0. The molecule has 2 aromatic carbocycles. The lowest BCUT2D eigenvalue weighted by atomic mass is 10.3. The summed E-state index contributed by atoms with van der Waals surface area (Å²) in [7, 11) is 0. The third-order valence-electron chi connectivity index (χ3n) is 2.79. The van der Waals surface area contributed by atoms with Gasteiger partial charge >= 0.3 is 6.80 Å². The van der Waals surface area contributed by atoms with Crippen LogP contribution in [0.3, 0.4) is 0 Å². The van der Waals surface area contributed by atoms with E-state index in [1.165, 1.54) is 6.08 Å². The summed E-state index contributed by atoms with van der Waals surface area (Å²) >= 11 is 1.07. The first kappa shape index (κ1) is 19.2. The van der Waals surface area contributed by atoms with E-state index < -0.39 is 6.80 Å². The lowest BCUT2D eigenvalue weighted by Gasteiger charge is -2.17. The Morgan fingerprint density at radius 3 is 2.20 bits per heavy atom. The Kier molecular flexibility index (Phi) is 7.67. The zero-order chi connectivity index (χ0) is 18.0. The normalized spacial score (nSPS) is 13.3. The van der Waals surface area contributed by atoms with E-state index in [0.717, 1.165) is 17.1 Å². The highest BCUT2D eigenvalue weighted by atomic mass is 32.7. The quantitative estimate of drug-likeness (QED) is 0.263. The second kappa shape index (κ2) is 9.99. The zero-order valence-electron chi connectivity index (χ0n) is 13.7. The summed E-state index contributed by atoms with van der Waals surface area (Å²) in [4.78, 5) is 0. The molecule has 5 nitrogen and oxygen atoms in total. The highest BCUT2D eigenvalue weighted by molar-refractivity contribution is 8.55. The summed E-state index contributed by atoms with van der Waals surface area (Å²) < 4.78 is 23.5. The van der Waals surface area contributed by atoms with Crippen LogP contribution in [0.25, 0.3) is 0 Å².